The molecule has 3 aromatic rings. The standard InChI is InChI=1S/C12H9F3N6OS/c1-5-17-11(23-20-5)18-10(22)6-3-7-8(12(13,14)15)19-21(2)9(7)16-4-6/h3-4H,1-2H3,(H,17,18,20,22). The molecule has 3 rings (SSSR count). The fraction of sp³-hybridized carbons (Fsp3) is 0.250. The van der Waals surface area contributed by atoms with Gasteiger partial charge in [-0.25, -0.2) is 14.6 Å². The van der Waals surface area contributed by atoms with E-state index in [1.165, 1.54) is 13.2 Å². The summed E-state index contributed by atoms with van der Waals surface area (Å²) in [6.45, 7) is 1.66. The summed E-state index contributed by atoms with van der Waals surface area (Å²) in [4.78, 5) is 20.0. The normalized spacial score (nSPS) is 11.9. The molecule has 0 spiro atoms. The van der Waals surface area contributed by atoms with Crippen LogP contribution in [0.15, 0.2) is 12.3 Å². The highest BCUT2D eigenvalue weighted by Crippen LogP contribution is 2.33. The molecule has 0 unspecified atom stereocenters. The average Bonchev–Trinajstić information content (AvgIpc) is 3.02. The molecule has 0 atom stereocenters. The highest BCUT2D eigenvalue weighted by molar-refractivity contribution is 7.09. The van der Waals surface area contributed by atoms with E-state index in [0.29, 0.717) is 5.82 Å². The minimum absolute atomic E-state index is 0.0242. The molecular weight excluding hydrogens is 333 g/mol. The van der Waals surface area contributed by atoms with E-state index in [0.717, 1.165) is 22.3 Å². The van der Waals surface area contributed by atoms with Crippen LogP contribution in [0.5, 0.6) is 0 Å². The van der Waals surface area contributed by atoms with Gasteiger partial charge in [-0.15, -0.1) is 0 Å². The van der Waals surface area contributed by atoms with E-state index >= 15 is 0 Å². The number of pyridine rings is 1. The highest BCUT2D eigenvalue weighted by atomic mass is 32.1. The van der Waals surface area contributed by atoms with Gasteiger partial charge in [-0.3, -0.25) is 10.1 Å². The second kappa shape index (κ2) is 5.26. The summed E-state index contributed by atoms with van der Waals surface area (Å²) < 4.78 is 43.9. The summed E-state index contributed by atoms with van der Waals surface area (Å²) >= 11 is 0.978. The third kappa shape index (κ3) is 2.86. The maximum atomic E-state index is 13.0. The lowest BCUT2D eigenvalue weighted by molar-refractivity contribution is -0.140. The number of aromatic nitrogens is 5. The number of hydrogen-bond donors (Lipinski definition) is 1. The van der Waals surface area contributed by atoms with Crippen LogP contribution in [-0.4, -0.2) is 30.0 Å². The maximum Gasteiger partial charge on any atom is 0.435 e. The van der Waals surface area contributed by atoms with E-state index in [2.05, 4.69) is 24.8 Å². The van der Waals surface area contributed by atoms with Crippen LogP contribution in [-0.2, 0) is 13.2 Å². The highest BCUT2D eigenvalue weighted by Gasteiger charge is 2.37. The third-order valence-corrected chi connectivity index (χ3v) is 3.68. The predicted octanol–water partition coefficient (Wildman–Crippen LogP) is 2.40. The molecule has 0 aliphatic rings. The number of halogens is 3. The summed E-state index contributed by atoms with van der Waals surface area (Å²) in [5.74, 6) is -0.127. The van der Waals surface area contributed by atoms with E-state index in [-0.39, 0.29) is 21.7 Å². The molecule has 0 radical (unpaired) electrons. The monoisotopic (exact) mass is 342 g/mol. The molecule has 3 heterocycles. The Balaban J connectivity index is 2.00. The molecule has 120 valence electrons. The van der Waals surface area contributed by atoms with E-state index < -0.39 is 17.8 Å². The van der Waals surface area contributed by atoms with Crippen LogP contribution >= 0.6 is 11.5 Å². The fourth-order valence-corrected chi connectivity index (χ4v) is 2.56. The predicted molar refractivity (Wildman–Crippen MR) is 76.1 cm³/mol. The van der Waals surface area contributed by atoms with E-state index in [4.69, 9.17) is 0 Å². The van der Waals surface area contributed by atoms with Crippen molar-refractivity contribution in [1.29, 1.82) is 0 Å². The van der Waals surface area contributed by atoms with Gasteiger partial charge in [-0.05, 0) is 13.0 Å². The molecule has 0 fully saturated rings. The molecule has 0 bridgehead atoms. The SMILES string of the molecule is Cc1nsc(NC(=O)c2cnc3c(c2)c(C(F)(F)F)nn3C)n1. The molecule has 1 amide bonds. The molecule has 3 aromatic heterocycles. The molecule has 11 heteroatoms. The number of carbonyl (C=O) groups is 1. The number of rotatable bonds is 2. The van der Waals surface area contributed by atoms with Gasteiger partial charge < -0.3 is 0 Å². The minimum atomic E-state index is -4.63. The Morgan fingerprint density at radius 1 is 1.39 bits per heavy atom. The van der Waals surface area contributed by atoms with Crippen LogP contribution in [0.2, 0.25) is 0 Å². The van der Waals surface area contributed by atoms with Gasteiger partial charge in [0.25, 0.3) is 5.91 Å². The molecule has 7 nitrogen and oxygen atoms in total. The number of amides is 1. The summed E-state index contributed by atoms with van der Waals surface area (Å²) in [5.41, 5.74) is -1.06. The number of aryl methyl sites for hydroxylation is 2. The zero-order valence-electron chi connectivity index (χ0n) is 11.8. The zero-order chi connectivity index (χ0) is 16.8. The van der Waals surface area contributed by atoms with Crippen molar-refractivity contribution in [3.8, 4) is 0 Å². The van der Waals surface area contributed by atoms with Crippen LogP contribution < -0.4 is 5.32 Å². The number of alkyl halides is 3. The van der Waals surface area contributed by atoms with Gasteiger partial charge in [0, 0.05) is 24.8 Å². The second-order valence-electron chi connectivity index (χ2n) is 4.67. The number of anilines is 1. The Morgan fingerprint density at radius 3 is 2.74 bits per heavy atom. The Labute approximate surface area is 131 Å². The number of fused-ring (bicyclic) bond motifs is 1. The smallest absolute Gasteiger partial charge is 0.297 e. The number of hydrogen-bond acceptors (Lipinski definition) is 6. The molecule has 0 aliphatic heterocycles. The second-order valence-corrected chi connectivity index (χ2v) is 5.42. The summed E-state index contributed by atoms with van der Waals surface area (Å²) in [5, 5.41) is 5.92. The van der Waals surface area contributed by atoms with E-state index in [1.54, 1.807) is 6.92 Å². The van der Waals surface area contributed by atoms with Crippen molar-refractivity contribution in [1.82, 2.24) is 24.1 Å². The van der Waals surface area contributed by atoms with Crippen molar-refractivity contribution in [2.75, 3.05) is 5.32 Å². The minimum Gasteiger partial charge on any atom is -0.297 e. The van der Waals surface area contributed by atoms with Gasteiger partial charge in [-0.2, -0.15) is 22.6 Å². The van der Waals surface area contributed by atoms with Crippen molar-refractivity contribution in [3.63, 3.8) is 0 Å². The van der Waals surface area contributed by atoms with Crippen molar-refractivity contribution in [2.24, 2.45) is 7.05 Å². The average molecular weight is 342 g/mol. The summed E-state index contributed by atoms with van der Waals surface area (Å²) in [6, 6.07) is 1.11. The molecular formula is C12H9F3N6OS. The zero-order valence-corrected chi connectivity index (χ0v) is 12.7. The van der Waals surface area contributed by atoms with Crippen LogP contribution in [0.3, 0.4) is 0 Å². The maximum absolute atomic E-state index is 13.0. The molecule has 0 saturated heterocycles. The Morgan fingerprint density at radius 2 is 2.13 bits per heavy atom. The number of nitrogens with zero attached hydrogens (tertiary/aromatic N) is 5. The summed E-state index contributed by atoms with van der Waals surface area (Å²) in [7, 11) is 1.36. The largest absolute Gasteiger partial charge is 0.435 e. The van der Waals surface area contributed by atoms with Gasteiger partial charge in [0.15, 0.2) is 11.3 Å². The number of nitrogens with one attached hydrogen (secondary N) is 1. The first-order chi connectivity index (χ1) is 10.8. The van der Waals surface area contributed by atoms with Gasteiger partial charge in [-0.1, -0.05) is 0 Å². The van der Waals surface area contributed by atoms with Gasteiger partial charge in [0.2, 0.25) is 5.13 Å². The van der Waals surface area contributed by atoms with Gasteiger partial charge >= 0.3 is 6.18 Å². The van der Waals surface area contributed by atoms with Gasteiger partial charge in [0.05, 0.1) is 10.9 Å². The van der Waals surface area contributed by atoms with Crippen LogP contribution in [0.1, 0.15) is 21.9 Å². The first kappa shape index (κ1) is 15.3. The third-order valence-electron chi connectivity index (χ3n) is 2.96. The van der Waals surface area contributed by atoms with Crippen molar-refractivity contribution < 1.29 is 18.0 Å². The van der Waals surface area contributed by atoms with Crippen molar-refractivity contribution >= 4 is 33.6 Å². The summed E-state index contributed by atoms with van der Waals surface area (Å²) in [6.07, 6.45) is -3.44. The number of carbonyl (C=O) groups excluding carboxylic acids is 1. The first-order valence-corrected chi connectivity index (χ1v) is 7.04. The fourth-order valence-electron chi connectivity index (χ4n) is 1.99. The topological polar surface area (TPSA) is 85.6 Å². The molecule has 0 saturated carbocycles. The first-order valence-electron chi connectivity index (χ1n) is 6.27. The lowest BCUT2D eigenvalue weighted by Gasteiger charge is -2.04. The Kier molecular flexibility index (Phi) is 3.51. The van der Waals surface area contributed by atoms with Crippen molar-refractivity contribution in [3.05, 3.63) is 29.3 Å². The molecule has 1 N–H and O–H groups in total. The van der Waals surface area contributed by atoms with E-state index in [1.807, 2.05) is 0 Å². The Hall–Kier alpha value is -2.56. The molecule has 23 heavy (non-hydrogen) atoms. The lowest BCUT2D eigenvalue weighted by atomic mass is 10.2. The van der Waals surface area contributed by atoms with Gasteiger partial charge in [0.1, 0.15) is 5.82 Å². The molecule has 0 aromatic carbocycles. The molecule has 0 aliphatic carbocycles. The lowest BCUT2D eigenvalue weighted by Crippen LogP contribution is -2.12. The quantitative estimate of drug-likeness (QED) is 0.773. The van der Waals surface area contributed by atoms with Crippen LogP contribution in [0, 0.1) is 6.92 Å². The van der Waals surface area contributed by atoms with Crippen LogP contribution in [0.4, 0.5) is 18.3 Å². The van der Waals surface area contributed by atoms with E-state index in [9.17, 15) is 18.0 Å². The van der Waals surface area contributed by atoms with Crippen molar-refractivity contribution in [2.45, 2.75) is 13.1 Å². The van der Waals surface area contributed by atoms with Crippen LogP contribution in [0.25, 0.3) is 11.0 Å². The Bertz CT molecular complexity index is 900.